The van der Waals surface area contributed by atoms with E-state index in [1.807, 2.05) is 0 Å². The van der Waals surface area contributed by atoms with Gasteiger partial charge in [0, 0.05) is 0 Å². The van der Waals surface area contributed by atoms with Gasteiger partial charge in [-0.2, -0.15) is 0 Å². The molecule has 0 N–H and O–H groups in total. The predicted octanol–water partition coefficient (Wildman–Crippen LogP) is 1.64. The molecule has 0 amide bonds. The summed E-state index contributed by atoms with van der Waals surface area (Å²) >= 11 is 0. The van der Waals surface area contributed by atoms with Crippen LogP contribution >= 0.6 is 0 Å². The Kier molecular flexibility index (Phi) is 4.57. The van der Waals surface area contributed by atoms with Gasteiger partial charge in [0.05, 0.1) is 11.0 Å². The van der Waals surface area contributed by atoms with Gasteiger partial charge < -0.3 is 9.57 Å². The average Bonchev–Trinajstić information content (AvgIpc) is 2.37. The third kappa shape index (κ3) is 4.06. The maximum absolute atomic E-state index is 11.9. The standard InChI is InChI=1S/C12H13NO6/c1-12(2,8-18-13(16)17)11(15)19-10-6-4-3-5-9(10)7-14/h3-7H,8H2,1-2H3. The highest BCUT2D eigenvalue weighted by Gasteiger charge is 2.32. The van der Waals surface area contributed by atoms with E-state index in [-0.39, 0.29) is 11.3 Å². The number of rotatable bonds is 6. The molecule has 0 bridgehead atoms. The van der Waals surface area contributed by atoms with Gasteiger partial charge in [0.2, 0.25) is 0 Å². The van der Waals surface area contributed by atoms with Crippen molar-refractivity contribution >= 4 is 12.3 Å². The Morgan fingerprint density at radius 2 is 2.05 bits per heavy atom. The van der Waals surface area contributed by atoms with Crippen molar-refractivity contribution in [3.63, 3.8) is 0 Å². The molecule has 0 aliphatic rings. The number of nitrogens with zero attached hydrogens (tertiary/aromatic N) is 1. The second-order valence-electron chi connectivity index (χ2n) is 4.43. The predicted molar refractivity (Wildman–Crippen MR) is 64.2 cm³/mol. The van der Waals surface area contributed by atoms with E-state index >= 15 is 0 Å². The molecule has 1 aromatic rings. The van der Waals surface area contributed by atoms with Crippen molar-refractivity contribution in [1.82, 2.24) is 0 Å². The van der Waals surface area contributed by atoms with Gasteiger partial charge >= 0.3 is 5.97 Å². The number of para-hydroxylation sites is 1. The van der Waals surface area contributed by atoms with Gasteiger partial charge in [0.25, 0.3) is 5.09 Å². The molecule has 0 aliphatic heterocycles. The third-order valence-corrected chi connectivity index (χ3v) is 2.33. The van der Waals surface area contributed by atoms with Gasteiger partial charge in [0.15, 0.2) is 6.29 Å². The van der Waals surface area contributed by atoms with Crippen molar-refractivity contribution in [2.24, 2.45) is 5.41 Å². The van der Waals surface area contributed by atoms with Crippen molar-refractivity contribution < 1.29 is 24.3 Å². The Hall–Kier alpha value is -2.44. The van der Waals surface area contributed by atoms with Gasteiger partial charge in [-0.1, -0.05) is 12.1 Å². The molecular formula is C12H13NO6. The first-order valence-corrected chi connectivity index (χ1v) is 5.40. The Morgan fingerprint density at radius 1 is 1.42 bits per heavy atom. The summed E-state index contributed by atoms with van der Waals surface area (Å²) in [6.45, 7) is 2.47. The van der Waals surface area contributed by atoms with Crippen LogP contribution in [0.3, 0.4) is 0 Å². The maximum Gasteiger partial charge on any atom is 0.318 e. The van der Waals surface area contributed by atoms with E-state index in [0.717, 1.165) is 0 Å². The molecule has 0 saturated carbocycles. The molecule has 0 saturated heterocycles. The normalized spacial score (nSPS) is 10.6. The lowest BCUT2D eigenvalue weighted by molar-refractivity contribution is -0.760. The molecule has 1 rings (SSSR count). The van der Waals surface area contributed by atoms with Crippen LogP contribution in [-0.4, -0.2) is 23.9 Å². The van der Waals surface area contributed by atoms with Crippen molar-refractivity contribution in [2.45, 2.75) is 13.8 Å². The zero-order chi connectivity index (χ0) is 14.5. The number of hydrogen-bond acceptors (Lipinski definition) is 6. The van der Waals surface area contributed by atoms with Crippen molar-refractivity contribution in [2.75, 3.05) is 6.61 Å². The van der Waals surface area contributed by atoms with E-state index in [2.05, 4.69) is 4.84 Å². The lowest BCUT2D eigenvalue weighted by Gasteiger charge is -2.21. The van der Waals surface area contributed by atoms with Gasteiger partial charge in [-0.3, -0.25) is 9.59 Å². The second kappa shape index (κ2) is 5.94. The van der Waals surface area contributed by atoms with Crippen molar-refractivity contribution in [3.05, 3.63) is 39.9 Å². The summed E-state index contributed by atoms with van der Waals surface area (Å²) in [4.78, 5) is 36.9. The van der Waals surface area contributed by atoms with E-state index in [1.165, 1.54) is 26.0 Å². The number of carbonyl (C=O) groups is 2. The molecular weight excluding hydrogens is 254 g/mol. The summed E-state index contributed by atoms with van der Waals surface area (Å²) in [7, 11) is 0. The number of benzene rings is 1. The van der Waals surface area contributed by atoms with Crippen LogP contribution in [0.1, 0.15) is 24.2 Å². The molecule has 0 radical (unpaired) electrons. The molecule has 7 nitrogen and oxygen atoms in total. The number of carbonyl (C=O) groups excluding carboxylic acids is 2. The Balaban J connectivity index is 2.78. The first kappa shape index (κ1) is 14.6. The summed E-state index contributed by atoms with van der Waals surface area (Å²) < 4.78 is 5.06. The number of hydrogen-bond donors (Lipinski definition) is 0. The van der Waals surface area contributed by atoms with Crippen LogP contribution in [0.25, 0.3) is 0 Å². The van der Waals surface area contributed by atoms with E-state index in [1.54, 1.807) is 12.1 Å². The van der Waals surface area contributed by atoms with Crippen LogP contribution in [0.2, 0.25) is 0 Å². The molecule has 19 heavy (non-hydrogen) atoms. The minimum Gasteiger partial charge on any atom is -0.425 e. The highest BCUT2D eigenvalue weighted by Crippen LogP contribution is 2.22. The maximum atomic E-state index is 11.9. The molecule has 102 valence electrons. The number of esters is 1. The van der Waals surface area contributed by atoms with Crippen molar-refractivity contribution in [3.8, 4) is 5.75 Å². The summed E-state index contributed by atoms with van der Waals surface area (Å²) in [6.07, 6.45) is 0.559. The van der Waals surface area contributed by atoms with Crippen LogP contribution in [0.5, 0.6) is 5.75 Å². The Labute approximate surface area is 109 Å². The molecule has 0 fully saturated rings. The largest absolute Gasteiger partial charge is 0.425 e. The van der Waals surface area contributed by atoms with Gasteiger partial charge in [0.1, 0.15) is 12.4 Å². The lowest BCUT2D eigenvalue weighted by Crippen LogP contribution is -2.34. The molecule has 0 spiro atoms. The average molecular weight is 267 g/mol. The van der Waals surface area contributed by atoms with Crippen LogP contribution in [0.15, 0.2) is 24.3 Å². The fourth-order valence-electron chi connectivity index (χ4n) is 1.18. The Morgan fingerprint density at radius 3 is 2.63 bits per heavy atom. The molecule has 0 aromatic heterocycles. The topological polar surface area (TPSA) is 95.7 Å². The highest BCUT2D eigenvalue weighted by atomic mass is 16.9. The summed E-state index contributed by atoms with van der Waals surface area (Å²) in [5.74, 6) is -0.611. The lowest BCUT2D eigenvalue weighted by atomic mass is 9.95. The minimum absolute atomic E-state index is 0.108. The van der Waals surface area contributed by atoms with E-state index < -0.39 is 23.1 Å². The van der Waals surface area contributed by atoms with E-state index in [9.17, 15) is 19.7 Å². The first-order valence-electron chi connectivity index (χ1n) is 5.40. The second-order valence-corrected chi connectivity index (χ2v) is 4.43. The summed E-state index contributed by atoms with van der Waals surface area (Å²) in [5.41, 5.74) is -0.981. The molecule has 0 atom stereocenters. The summed E-state index contributed by atoms with van der Waals surface area (Å²) in [5, 5.41) is 9.13. The van der Waals surface area contributed by atoms with Crippen LogP contribution < -0.4 is 4.74 Å². The van der Waals surface area contributed by atoms with Crippen LogP contribution in [0.4, 0.5) is 0 Å². The SMILES string of the molecule is CC(C)(CO[N+](=O)[O-])C(=O)Oc1ccccc1C=O. The Bertz CT molecular complexity index is 497. The minimum atomic E-state index is -1.21. The molecule has 0 unspecified atom stereocenters. The molecule has 1 aromatic carbocycles. The van der Waals surface area contributed by atoms with Crippen LogP contribution in [0, 0.1) is 15.5 Å². The molecule has 0 heterocycles. The van der Waals surface area contributed by atoms with Gasteiger partial charge in [-0.25, -0.2) is 0 Å². The zero-order valence-electron chi connectivity index (χ0n) is 10.5. The van der Waals surface area contributed by atoms with Gasteiger partial charge in [-0.15, -0.1) is 10.1 Å². The fourth-order valence-corrected chi connectivity index (χ4v) is 1.18. The van der Waals surface area contributed by atoms with Crippen molar-refractivity contribution in [1.29, 1.82) is 0 Å². The quantitative estimate of drug-likeness (QED) is 0.255. The summed E-state index contributed by atoms with van der Waals surface area (Å²) in [6, 6.07) is 6.19. The fraction of sp³-hybridized carbons (Fsp3) is 0.333. The number of ether oxygens (including phenoxy) is 1. The highest BCUT2D eigenvalue weighted by molar-refractivity contribution is 5.84. The van der Waals surface area contributed by atoms with Crippen LogP contribution in [-0.2, 0) is 9.63 Å². The monoisotopic (exact) mass is 267 g/mol. The molecule has 0 aliphatic carbocycles. The smallest absolute Gasteiger partial charge is 0.318 e. The van der Waals surface area contributed by atoms with E-state index in [4.69, 9.17) is 4.74 Å². The van der Waals surface area contributed by atoms with Gasteiger partial charge in [-0.05, 0) is 26.0 Å². The number of aldehydes is 1. The molecule has 7 heteroatoms. The van der Waals surface area contributed by atoms with E-state index in [0.29, 0.717) is 6.29 Å². The zero-order valence-corrected chi connectivity index (χ0v) is 10.5. The third-order valence-electron chi connectivity index (χ3n) is 2.33. The first-order chi connectivity index (χ1) is 8.86.